The molecule has 12 atom stereocenters. The normalized spacial score (nSPS) is 41.1. The number of nitrogens with zero attached hydrogens (tertiary/aromatic N) is 1. The van der Waals surface area contributed by atoms with E-state index in [9.17, 15) is 38.2 Å². The number of hydrogen-bond acceptors (Lipinski definition) is 8. The lowest BCUT2D eigenvalue weighted by molar-refractivity contribution is -0.893. The van der Waals surface area contributed by atoms with Crippen LogP contribution in [0.2, 0.25) is 0 Å². The summed E-state index contributed by atoms with van der Waals surface area (Å²) in [6, 6.07) is 0. The highest BCUT2D eigenvalue weighted by Gasteiger charge is 2.65. The molecule has 4 saturated carbocycles. The molecule has 0 aromatic carbocycles. The van der Waals surface area contributed by atoms with E-state index in [1.807, 2.05) is 14.1 Å². The third-order valence-corrected chi connectivity index (χ3v) is 13.5. The molecular weight excluding hydrogens is 572 g/mol. The fourth-order valence-corrected chi connectivity index (χ4v) is 11.0. The maximum Gasteiger partial charge on any atom is 0.220 e. The molecule has 11 heteroatoms. The molecule has 4 fully saturated rings. The standard InChI is InChI=1S/C32H58N2O8S/c1-20(7-10-29(39)33-13-6-14-34(4,5)18-23(36)19-43(40,41)42)24-8-9-25-30-26(17-28(38)32(24,25)3)31(2)12-11-22(35)15-21(31)16-27(30)37/h20-28,30,35-38H,6-19H2,1-5H3,(H-,33,39,40,41,42)/t20-,21+,22-,23?,24-,25+,26?,27?,28+,30?,31+,32-/m1/s1. The molecule has 0 bridgehead atoms. The maximum atomic E-state index is 12.7. The van der Waals surface area contributed by atoms with Gasteiger partial charge in [-0.05, 0) is 97.7 Å². The van der Waals surface area contributed by atoms with E-state index in [0.29, 0.717) is 42.8 Å². The van der Waals surface area contributed by atoms with Crippen LogP contribution in [-0.4, -0.2) is 108 Å². The molecule has 4 aliphatic rings. The molecule has 0 radical (unpaired) electrons. The van der Waals surface area contributed by atoms with Crippen molar-refractivity contribution in [2.75, 3.05) is 39.5 Å². The zero-order valence-corrected chi connectivity index (χ0v) is 27.8. The number of aliphatic hydroxyl groups excluding tert-OH is 4. The van der Waals surface area contributed by atoms with Crippen LogP contribution in [0.15, 0.2) is 0 Å². The van der Waals surface area contributed by atoms with E-state index in [-0.39, 0.29) is 59.0 Å². The molecule has 10 nitrogen and oxygen atoms in total. The van der Waals surface area contributed by atoms with Crippen molar-refractivity contribution in [3.05, 3.63) is 0 Å². The highest BCUT2D eigenvalue weighted by Crippen LogP contribution is 2.68. The molecule has 4 unspecified atom stereocenters. The first-order chi connectivity index (χ1) is 19.9. The van der Waals surface area contributed by atoms with Crippen LogP contribution < -0.4 is 5.32 Å². The summed E-state index contributed by atoms with van der Waals surface area (Å²) in [7, 11) is -0.775. The smallest absolute Gasteiger partial charge is 0.220 e. The minimum Gasteiger partial charge on any atom is -0.748 e. The highest BCUT2D eigenvalue weighted by atomic mass is 32.2. The molecule has 1 amide bonds. The van der Waals surface area contributed by atoms with Crippen molar-refractivity contribution in [1.82, 2.24) is 5.32 Å². The predicted octanol–water partition coefficient (Wildman–Crippen LogP) is 1.85. The Morgan fingerprint density at radius 1 is 1.07 bits per heavy atom. The van der Waals surface area contributed by atoms with E-state index in [2.05, 4.69) is 26.1 Å². The predicted molar refractivity (Wildman–Crippen MR) is 162 cm³/mol. The average Bonchev–Trinajstić information content (AvgIpc) is 3.24. The molecule has 0 aromatic rings. The van der Waals surface area contributed by atoms with Gasteiger partial charge in [0, 0.05) is 19.4 Å². The summed E-state index contributed by atoms with van der Waals surface area (Å²) >= 11 is 0. The summed E-state index contributed by atoms with van der Waals surface area (Å²) < 4.78 is 33.0. The van der Waals surface area contributed by atoms with Crippen molar-refractivity contribution in [3.8, 4) is 0 Å². The Kier molecular flexibility index (Phi) is 10.7. The van der Waals surface area contributed by atoms with Gasteiger partial charge in [-0.25, -0.2) is 8.42 Å². The summed E-state index contributed by atoms with van der Waals surface area (Å²) in [6.07, 6.45) is 5.44. The summed E-state index contributed by atoms with van der Waals surface area (Å²) in [4.78, 5) is 12.7. The number of amides is 1. The largest absolute Gasteiger partial charge is 0.748 e. The van der Waals surface area contributed by atoms with Gasteiger partial charge in [-0.1, -0.05) is 20.8 Å². The SMILES string of the molecule is C[C@H](CCC(=O)NCCC[N+](C)(C)CC(O)CS(=O)(=O)[O-])[C@H]1CC[C@H]2C3C(O)C[C@@H]4C[C@H](O)CC[C@]4(C)C3C[C@H](O)[C@]12C. The first kappa shape index (κ1) is 35.0. The Balaban J connectivity index is 1.27. The minimum absolute atomic E-state index is 0.0141. The zero-order valence-electron chi connectivity index (χ0n) is 27.0. The topological polar surface area (TPSA) is 167 Å². The molecule has 0 saturated heterocycles. The quantitative estimate of drug-likeness (QED) is 0.124. The number of fused-ring (bicyclic) bond motifs is 5. The second-order valence-electron chi connectivity index (χ2n) is 16.0. The molecule has 250 valence electrons. The Bertz CT molecular complexity index is 1090. The van der Waals surface area contributed by atoms with Gasteiger partial charge in [0.1, 0.15) is 12.6 Å². The zero-order chi connectivity index (χ0) is 32.0. The highest BCUT2D eigenvalue weighted by molar-refractivity contribution is 7.85. The van der Waals surface area contributed by atoms with Crippen molar-refractivity contribution in [2.24, 2.45) is 46.3 Å². The van der Waals surface area contributed by atoms with Gasteiger partial charge < -0.3 is 34.8 Å². The minimum atomic E-state index is -4.48. The van der Waals surface area contributed by atoms with Crippen molar-refractivity contribution in [1.29, 1.82) is 0 Å². The van der Waals surface area contributed by atoms with Gasteiger partial charge in [0.05, 0.1) is 54.8 Å². The van der Waals surface area contributed by atoms with Crippen LogP contribution in [-0.2, 0) is 14.9 Å². The molecule has 0 heterocycles. The Morgan fingerprint density at radius 2 is 1.77 bits per heavy atom. The summed E-state index contributed by atoms with van der Waals surface area (Å²) in [5.74, 6) is 0.749. The van der Waals surface area contributed by atoms with Crippen LogP contribution in [0.1, 0.15) is 85.0 Å². The van der Waals surface area contributed by atoms with Crippen LogP contribution in [0.5, 0.6) is 0 Å². The fourth-order valence-electron chi connectivity index (χ4n) is 10.5. The van der Waals surface area contributed by atoms with E-state index in [1.165, 1.54) is 0 Å². The van der Waals surface area contributed by atoms with Gasteiger partial charge in [0.25, 0.3) is 0 Å². The number of hydrogen-bond donors (Lipinski definition) is 5. The number of nitrogens with one attached hydrogen (secondary N) is 1. The molecule has 5 N–H and O–H groups in total. The monoisotopic (exact) mass is 630 g/mol. The Morgan fingerprint density at radius 3 is 2.44 bits per heavy atom. The molecule has 4 rings (SSSR count). The molecular formula is C32H58N2O8S. The maximum absolute atomic E-state index is 12.7. The van der Waals surface area contributed by atoms with Gasteiger partial charge in [-0.15, -0.1) is 0 Å². The van der Waals surface area contributed by atoms with Crippen molar-refractivity contribution in [3.63, 3.8) is 0 Å². The Labute approximate surface area is 259 Å². The number of carbonyl (C=O) groups excluding carboxylic acids is 1. The van der Waals surface area contributed by atoms with E-state index in [1.54, 1.807) is 0 Å². The molecule has 0 spiro atoms. The molecule has 43 heavy (non-hydrogen) atoms. The summed E-state index contributed by atoms with van der Waals surface area (Å²) in [5, 5.41) is 46.5. The average molecular weight is 631 g/mol. The summed E-state index contributed by atoms with van der Waals surface area (Å²) in [5.41, 5.74) is -0.229. The first-order valence-corrected chi connectivity index (χ1v) is 18.2. The van der Waals surface area contributed by atoms with Crippen molar-refractivity contribution in [2.45, 2.75) is 109 Å². The number of likely N-dealkylation sites (N-methyl/N-ethyl adjacent to an activating group) is 1. The number of rotatable bonds is 12. The van der Waals surface area contributed by atoms with Crippen molar-refractivity contribution < 1.29 is 42.7 Å². The van der Waals surface area contributed by atoms with E-state index in [4.69, 9.17) is 0 Å². The van der Waals surface area contributed by atoms with Gasteiger partial charge >= 0.3 is 0 Å². The lowest BCUT2D eigenvalue weighted by atomic mass is 9.43. The third-order valence-electron chi connectivity index (χ3n) is 12.7. The van der Waals surface area contributed by atoms with Crippen LogP contribution in [0.4, 0.5) is 0 Å². The van der Waals surface area contributed by atoms with Crippen LogP contribution in [0.25, 0.3) is 0 Å². The van der Waals surface area contributed by atoms with Gasteiger partial charge in [-0.3, -0.25) is 4.79 Å². The van der Waals surface area contributed by atoms with Crippen LogP contribution in [0.3, 0.4) is 0 Å². The van der Waals surface area contributed by atoms with E-state index >= 15 is 0 Å². The molecule has 0 aliphatic heterocycles. The second kappa shape index (κ2) is 13.1. The first-order valence-electron chi connectivity index (χ1n) is 16.6. The second-order valence-corrected chi connectivity index (χ2v) is 17.4. The van der Waals surface area contributed by atoms with Gasteiger partial charge in [0.2, 0.25) is 5.91 Å². The van der Waals surface area contributed by atoms with Crippen LogP contribution in [0, 0.1) is 46.3 Å². The number of aliphatic hydroxyl groups is 4. The lowest BCUT2D eigenvalue weighted by Crippen LogP contribution is -2.62. The summed E-state index contributed by atoms with van der Waals surface area (Å²) in [6.45, 7) is 8.02. The van der Waals surface area contributed by atoms with Crippen molar-refractivity contribution >= 4 is 16.0 Å². The van der Waals surface area contributed by atoms with Gasteiger partial charge in [0.15, 0.2) is 0 Å². The molecule has 0 aromatic heterocycles. The van der Waals surface area contributed by atoms with E-state index < -0.39 is 34.2 Å². The number of quaternary nitrogens is 1. The van der Waals surface area contributed by atoms with Crippen LogP contribution >= 0.6 is 0 Å². The van der Waals surface area contributed by atoms with E-state index in [0.717, 1.165) is 44.9 Å². The Hall–Kier alpha value is -0.820. The molecule has 4 aliphatic carbocycles. The van der Waals surface area contributed by atoms with Gasteiger partial charge in [-0.2, -0.15) is 0 Å². The number of carbonyl (C=O) groups is 1. The third kappa shape index (κ3) is 7.60. The fraction of sp³-hybridized carbons (Fsp3) is 0.969. The lowest BCUT2D eigenvalue weighted by Gasteiger charge is -2.63.